The molecule has 1 aliphatic carbocycles. The van der Waals surface area contributed by atoms with E-state index in [2.05, 4.69) is 10.3 Å². The smallest absolute Gasteiger partial charge is 0.322 e. The number of fused-ring (bicyclic) bond motifs is 1. The first-order valence-electron chi connectivity index (χ1n) is 9.13. The van der Waals surface area contributed by atoms with Crippen LogP contribution in [0.3, 0.4) is 0 Å². The molecule has 5 nitrogen and oxygen atoms in total. The normalized spacial score (nSPS) is 17.0. The molecular formula is C20H22FN3O2. The molecule has 6 heteroatoms. The number of benzene rings is 1. The van der Waals surface area contributed by atoms with Crippen molar-refractivity contribution in [2.45, 2.75) is 44.8 Å². The number of hydrogen-bond donors (Lipinski definition) is 1. The summed E-state index contributed by atoms with van der Waals surface area (Å²) < 4.78 is 19.1. The molecule has 2 heterocycles. The Morgan fingerprint density at radius 1 is 1.19 bits per heavy atom. The number of nitrogens with one attached hydrogen (secondary N) is 1. The Kier molecular flexibility index (Phi) is 4.73. The molecule has 4 rings (SSSR count). The van der Waals surface area contributed by atoms with Crippen molar-refractivity contribution in [1.82, 2.24) is 9.88 Å². The van der Waals surface area contributed by atoms with E-state index in [4.69, 9.17) is 4.74 Å². The number of anilines is 1. The molecular weight excluding hydrogens is 333 g/mol. The van der Waals surface area contributed by atoms with Crippen molar-refractivity contribution in [3.8, 4) is 5.88 Å². The Hall–Kier alpha value is -2.63. The van der Waals surface area contributed by atoms with Crippen LogP contribution in [-0.4, -0.2) is 28.6 Å². The van der Waals surface area contributed by atoms with Gasteiger partial charge < -0.3 is 15.0 Å². The lowest BCUT2D eigenvalue weighted by atomic mass is 10.00. The molecule has 1 saturated carbocycles. The minimum Gasteiger partial charge on any atom is -0.474 e. The summed E-state index contributed by atoms with van der Waals surface area (Å²) in [5, 5.41) is 2.87. The Morgan fingerprint density at radius 3 is 2.81 bits per heavy atom. The third-order valence-electron chi connectivity index (χ3n) is 5.05. The Bertz CT molecular complexity index is 788. The van der Waals surface area contributed by atoms with Crippen molar-refractivity contribution in [3.63, 3.8) is 0 Å². The summed E-state index contributed by atoms with van der Waals surface area (Å²) in [5.41, 5.74) is 2.61. The van der Waals surface area contributed by atoms with E-state index in [-0.39, 0.29) is 18.0 Å². The molecule has 1 N–H and O–H groups in total. The average Bonchev–Trinajstić information content (AvgIpc) is 3.16. The van der Waals surface area contributed by atoms with E-state index in [9.17, 15) is 9.18 Å². The number of rotatable bonds is 3. The van der Waals surface area contributed by atoms with E-state index in [0.717, 1.165) is 24.0 Å². The second-order valence-electron chi connectivity index (χ2n) is 6.92. The predicted molar refractivity (Wildman–Crippen MR) is 96.7 cm³/mol. The highest BCUT2D eigenvalue weighted by Gasteiger charge is 2.21. The molecule has 26 heavy (non-hydrogen) atoms. The maximum absolute atomic E-state index is 13.3. The largest absolute Gasteiger partial charge is 0.474 e. The lowest BCUT2D eigenvalue weighted by Gasteiger charge is -2.29. The third-order valence-corrected chi connectivity index (χ3v) is 5.05. The van der Waals surface area contributed by atoms with Gasteiger partial charge in [-0.3, -0.25) is 0 Å². The molecule has 0 radical (unpaired) electrons. The number of hydrogen-bond acceptors (Lipinski definition) is 3. The quantitative estimate of drug-likeness (QED) is 0.901. The number of nitrogens with zero attached hydrogens (tertiary/aromatic N) is 2. The Balaban J connectivity index is 1.35. The standard InChI is InChI=1S/C20H22FN3O2/c21-16-6-5-15-13-24(10-9-14(15)11-16)20(25)23-17-7-8-19(22-12-17)26-18-3-1-2-4-18/h5-8,11-12,18H,1-4,9-10,13H2,(H,23,25). The number of aromatic nitrogens is 1. The highest BCUT2D eigenvalue weighted by Crippen LogP contribution is 2.24. The lowest BCUT2D eigenvalue weighted by Crippen LogP contribution is -2.38. The molecule has 0 unspecified atom stereocenters. The molecule has 1 aromatic heterocycles. The molecule has 2 aliphatic rings. The van der Waals surface area contributed by atoms with Gasteiger partial charge in [0.1, 0.15) is 11.9 Å². The topological polar surface area (TPSA) is 54.5 Å². The summed E-state index contributed by atoms with van der Waals surface area (Å²) >= 11 is 0. The summed E-state index contributed by atoms with van der Waals surface area (Å²) in [6.45, 7) is 1.05. The van der Waals surface area contributed by atoms with Crippen molar-refractivity contribution < 1.29 is 13.9 Å². The molecule has 1 fully saturated rings. The van der Waals surface area contributed by atoms with Crippen LogP contribution in [0.5, 0.6) is 5.88 Å². The van der Waals surface area contributed by atoms with Crippen molar-refractivity contribution in [1.29, 1.82) is 0 Å². The SMILES string of the molecule is O=C(Nc1ccc(OC2CCCC2)nc1)N1CCc2cc(F)ccc2C1. The van der Waals surface area contributed by atoms with Crippen molar-refractivity contribution >= 4 is 11.7 Å². The zero-order valence-corrected chi connectivity index (χ0v) is 14.6. The van der Waals surface area contributed by atoms with E-state index >= 15 is 0 Å². The van der Waals surface area contributed by atoms with E-state index in [1.807, 2.05) is 6.07 Å². The van der Waals surface area contributed by atoms with Gasteiger partial charge in [0.05, 0.1) is 11.9 Å². The summed E-state index contributed by atoms with van der Waals surface area (Å²) in [6.07, 6.45) is 7.14. The number of ether oxygens (including phenoxy) is 1. The third kappa shape index (κ3) is 3.79. The van der Waals surface area contributed by atoms with Gasteiger partial charge in [0.25, 0.3) is 0 Å². The fourth-order valence-electron chi connectivity index (χ4n) is 3.60. The van der Waals surface area contributed by atoms with Gasteiger partial charge in [-0.25, -0.2) is 14.2 Å². The number of halogens is 1. The summed E-state index contributed by atoms with van der Waals surface area (Å²) in [4.78, 5) is 18.5. The fraction of sp³-hybridized carbons (Fsp3) is 0.400. The second-order valence-corrected chi connectivity index (χ2v) is 6.92. The predicted octanol–water partition coefficient (Wildman–Crippen LogP) is 4.13. The average molecular weight is 355 g/mol. The first-order chi connectivity index (χ1) is 12.7. The number of carbonyl (C=O) groups is 1. The van der Waals surface area contributed by atoms with Gasteiger partial charge in [-0.05, 0) is 61.4 Å². The summed E-state index contributed by atoms with van der Waals surface area (Å²) in [5.74, 6) is 0.372. The van der Waals surface area contributed by atoms with Gasteiger partial charge in [-0.15, -0.1) is 0 Å². The molecule has 2 amide bonds. The van der Waals surface area contributed by atoms with Crippen LogP contribution in [0.4, 0.5) is 14.9 Å². The van der Waals surface area contributed by atoms with Crippen LogP contribution in [0.25, 0.3) is 0 Å². The van der Waals surface area contributed by atoms with Crippen molar-refractivity contribution in [3.05, 3.63) is 53.5 Å². The molecule has 1 aliphatic heterocycles. The van der Waals surface area contributed by atoms with E-state index < -0.39 is 0 Å². The molecule has 0 spiro atoms. The van der Waals surface area contributed by atoms with E-state index in [1.54, 1.807) is 29.3 Å². The maximum atomic E-state index is 13.3. The van der Waals surface area contributed by atoms with Gasteiger partial charge in [-0.2, -0.15) is 0 Å². The van der Waals surface area contributed by atoms with Gasteiger partial charge in [0.2, 0.25) is 5.88 Å². The molecule has 0 bridgehead atoms. The van der Waals surface area contributed by atoms with E-state index in [0.29, 0.717) is 31.1 Å². The highest BCUT2D eigenvalue weighted by molar-refractivity contribution is 5.89. The monoisotopic (exact) mass is 355 g/mol. The number of amides is 2. The summed E-state index contributed by atoms with van der Waals surface area (Å²) in [7, 11) is 0. The number of pyridine rings is 1. The zero-order chi connectivity index (χ0) is 17.9. The minimum atomic E-state index is -0.229. The zero-order valence-electron chi connectivity index (χ0n) is 14.6. The van der Waals surface area contributed by atoms with Gasteiger partial charge in [0.15, 0.2) is 0 Å². The lowest BCUT2D eigenvalue weighted by molar-refractivity contribution is 0.201. The second kappa shape index (κ2) is 7.32. The molecule has 2 aromatic rings. The maximum Gasteiger partial charge on any atom is 0.322 e. The van der Waals surface area contributed by atoms with Crippen LogP contribution in [0, 0.1) is 5.82 Å². The van der Waals surface area contributed by atoms with Crippen LogP contribution in [-0.2, 0) is 13.0 Å². The van der Waals surface area contributed by atoms with Crippen molar-refractivity contribution in [2.75, 3.05) is 11.9 Å². The van der Waals surface area contributed by atoms with Gasteiger partial charge in [0, 0.05) is 19.2 Å². The minimum absolute atomic E-state index is 0.175. The Labute approximate surface area is 152 Å². The number of carbonyl (C=O) groups excluding carboxylic acids is 1. The van der Waals surface area contributed by atoms with Gasteiger partial charge in [-0.1, -0.05) is 6.07 Å². The first kappa shape index (κ1) is 16.8. The fourth-order valence-corrected chi connectivity index (χ4v) is 3.60. The summed E-state index contributed by atoms with van der Waals surface area (Å²) in [6, 6.07) is 8.17. The van der Waals surface area contributed by atoms with Crippen LogP contribution in [0.1, 0.15) is 36.8 Å². The van der Waals surface area contributed by atoms with Crippen LogP contribution in [0.15, 0.2) is 36.5 Å². The van der Waals surface area contributed by atoms with Crippen LogP contribution < -0.4 is 10.1 Å². The van der Waals surface area contributed by atoms with Gasteiger partial charge >= 0.3 is 6.03 Å². The molecule has 136 valence electrons. The van der Waals surface area contributed by atoms with Crippen LogP contribution >= 0.6 is 0 Å². The molecule has 1 aromatic carbocycles. The number of urea groups is 1. The van der Waals surface area contributed by atoms with E-state index in [1.165, 1.54) is 18.9 Å². The van der Waals surface area contributed by atoms with Crippen molar-refractivity contribution in [2.24, 2.45) is 0 Å². The van der Waals surface area contributed by atoms with Crippen LogP contribution in [0.2, 0.25) is 0 Å². The highest BCUT2D eigenvalue weighted by atomic mass is 19.1. The first-order valence-corrected chi connectivity index (χ1v) is 9.13. The molecule has 0 saturated heterocycles. The molecule has 0 atom stereocenters. The Morgan fingerprint density at radius 2 is 2.04 bits per heavy atom.